The fraction of sp³-hybridized carbons (Fsp3) is 0.421. The summed E-state index contributed by atoms with van der Waals surface area (Å²) in [5, 5.41) is 13.0. The van der Waals surface area contributed by atoms with E-state index in [2.05, 4.69) is 60.5 Å². The minimum atomic E-state index is -0.450. The number of aryl methyl sites for hydroxylation is 1. The van der Waals surface area contributed by atoms with Gasteiger partial charge in [-0.15, -0.1) is 0 Å². The summed E-state index contributed by atoms with van der Waals surface area (Å²) in [6, 6.07) is 18.4. The van der Waals surface area contributed by atoms with Gasteiger partial charge in [0.25, 0.3) is 0 Å². The molecule has 8 rings (SSSR count). The van der Waals surface area contributed by atoms with Crippen molar-refractivity contribution in [3.8, 4) is 28.5 Å². The molecular formula is C38H43N9O3. The van der Waals surface area contributed by atoms with Crippen molar-refractivity contribution in [1.29, 1.82) is 0 Å². The van der Waals surface area contributed by atoms with Gasteiger partial charge in [0.05, 0.1) is 23.6 Å². The van der Waals surface area contributed by atoms with Gasteiger partial charge in [-0.05, 0) is 81.8 Å². The smallest absolute Gasteiger partial charge is 0.236 e. The first kappa shape index (κ1) is 32.1. The summed E-state index contributed by atoms with van der Waals surface area (Å²) in [5.41, 5.74) is 5.30. The van der Waals surface area contributed by atoms with E-state index >= 15 is 0 Å². The minimum absolute atomic E-state index is 0.0474. The van der Waals surface area contributed by atoms with Crippen LogP contribution in [0, 0.1) is 5.41 Å². The van der Waals surface area contributed by atoms with Gasteiger partial charge in [-0.25, -0.2) is 9.97 Å². The summed E-state index contributed by atoms with van der Waals surface area (Å²) >= 11 is 0. The summed E-state index contributed by atoms with van der Waals surface area (Å²) in [6.45, 7) is 7.86. The van der Waals surface area contributed by atoms with Crippen molar-refractivity contribution >= 4 is 28.4 Å². The minimum Gasteiger partial charge on any atom is -0.475 e. The van der Waals surface area contributed by atoms with Crippen molar-refractivity contribution in [1.82, 2.24) is 39.7 Å². The molecule has 2 amide bonds. The summed E-state index contributed by atoms with van der Waals surface area (Å²) < 4.78 is 7.41. The zero-order valence-corrected chi connectivity index (χ0v) is 28.9. The standard InChI is InChI=1S/C38H43N9O3/c1-25(2)50-33-11-8-29(21-39-33)35-31-20-30(9-10-32(31)41-42-35)47-19-15-38(37(47)49)14-18-45(23-38)22-34(48)46-16-12-27(13-17-46)26-4-6-28(7-5-26)36-40-24-44(3)43-36/h4-11,20-21,24-25,27H,12-19,22-23H2,1-3H3,(H,41,42)/t38-/m0/s1. The molecule has 3 saturated heterocycles. The molecule has 2 aromatic carbocycles. The number of hydrogen-bond acceptors (Lipinski definition) is 8. The molecule has 1 atom stereocenters. The molecule has 3 aliphatic heterocycles. The van der Waals surface area contributed by atoms with Crippen molar-refractivity contribution in [3.63, 3.8) is 0 Å². The number of anilines is 1. The number of carbonyl (C=O) groups is 2. The van der Waals surface area contributed by atoms with E-state index in [1.165, 1.54) is 5.56 Å². The lowest BCUT2D eigenvalue weighted by Crippen LogP contribution is -2.44. The summed E-state index contributed by atoms with van der Waals surface area (Å²) in [7, 11) is 1.87. The highest BCUT2D eigenvalue weighted by Gasteiger charge is 2.51. The van der Waals surface area contributed by atoms with E-state index in [1.807, 2.05) is 55.0 Å². The lowest BCUT2D eigenvalue weighted by atomic mass is 9.85. The Kier molecular flexibility index (Phi) is 8.34. The third-order valence-electron chi connectivity index (χ3n) is 10.6. The number of benzene rings is 2. The second-order valence-electron chi connectivity index (χ2n) is 14.3. The quantitative estimate of drug-likeness (QED) is 0.243. The predicted molar refractivity (Wildman–Crippen MR) is 191 cm³/mol. The van der Waals surface area contributed by atoms with E-state index in [9.17, 15) is 9.59 Å². The van der Waals surface area contributed by atoms with Crippen molar-refractivity contribution < 1.29 is 14.3 Å². The lowest BCUT2D eigenvalue weighted by Gasteiger charge is -2.33. The highest BCUT2D eigenvalue weighted by molar-refractivity contribution is 6.03. The van der Waals surface area contributed by atoms with Crippen LogP contribution in [0.15, 0.2) is 67.1 Å². The molecule has 258 valence electrons. The molecule has 0 unspecified atom stereocenters. The van der Waals surface area contributed by atoms with Gasteiger partial charge in [0, 0.05) is 67.7 Å². The molecule has 0 aliphatic carbocycles. The number of rotatable bonds is 8. The maximum absolute atomic E-state index is 14.0. The zero-order valence-electron chi connectivity index (χ0n) is 28.9. The Labute approximate surface area is 291 Å². The highest BCUT2D eigenvalue weighted by atomic mass is 16.5. The van der Waals surface area contributed by atoms with Gasteiger partial charge >= 0.3 is 0 Å². The maximum Gasteiger partial charge on any atom is 0.236 e. The van der Waals surface area contributed by atoms with E-state index in [4.69, 9.17) is 4.74 Å². The molecule has 0 radical (unpaired) electrons. The van der Waals surface area contributed by atoms with Crippen LogP contribution >= 0.6 is 0 Å². The molecule has 12 heteroatoms. The van der Waals surface area contributed by atoms with Crippen LogP contribution in [-0.2, 0) is 16.6 Å². The van der Waals surface area contributed by atoms with Gasteiger partial charge in [-0.3, -0.25) is 24.3 Å². The van der Waals surface area contributed by atoms with E-state index in [1.54, 1.807) is 17.2 Å². The van der Waals surface area contributed by atoms with Crippen LogP contribution in [0.3, 0.4) is 0 Å². The number of fused-ring (bicyclic) bond motifs is 1. The van der Waals surface area contributed by atoms with E-state index in [0.29, 0.717) is 31.4 Å². The van der Waals surface area contributed by atoms with Crippen molar-refractivity contribution in [2.75, 3.05) is 44.2 Å². The summed E-state index contributed by atoms with van der Waals surface area (Å²) in [6.07, 6.45) is 6.98. The van der Waals surface area contributed by atoms with E-state index in [-0.39, 0.29) is 17.9 Å². The molecule has 3 aromatic heterocycles. The Hall–Kier alpha value is -5.10. The number of likely N-dealkylation sites (tertiary alicyclic amines) is 2. The number of amides is 2. The molecule has 3 fully saturated rings. The number of H-pyrrole nitrogens is 1. The lowest BCUT2D eigenvalue weighted by molar-refractivity contribution is -0.133. The topological polar surface area (TPSA) is 125 Å². The molecule has 3 aliphatic rings. The number of carbonyl (C=O) groups excluding carboxylic acids is 2. The van der Waals surface area contributed by atoms with Gasteiger partial charge in [-0.1, -0.05) is 24.3 Å². The highest BCUT2D eigenvalue weighted by Crippen LogP contribution is 2.43. The molecule has 6 heterocycles. The molecule has 12 nitrogen and oxygen atoms in total. The van der Waals surface area contributed by atoms with E-state index < -0.39 is 5.41 Å². The maximum atomic E-state index is 14.0. The number of pyridine rings is 1. The van der Waals surface area contributed by atoms with Crippen LogP contribution in [-0.4, -0.2) is 96.9 Å². The first-order valence-corrected chi connectivity index (χ1v) is 17.6. The van der Waals surface area contributed by atoms with Crippen LogP contribution in [0.25, 0.3) is 33.5 Å². The van der Waals surface area contributed by atoms with Crippen LogP contribution in [0.2, 0.25) is 0 Å². The number of ether oxygens (including phenoxy) is 1. The van der Waals surface area contributed by atoms with Crippen molar-refractivity contribution in [2.24, 2.45) is 12.5 Å². The van der Waals surface area contributed by atoms with Gasteiger partial charge in [0.2, 0.25) is 17.7 Å². The van der Waals surface area contributed by atoms with Gasteiger partial charge in [0.15, 0.2) is 5.82 Å². The molecule has 5 aromatic rings. The van der Waals surface area contributed by atoms with Crippen LogP contribution < -0.4 is 9.64 Å². The number of piperidine rings is 1. The number of nitrogens with zero attached hydrogens (tertiary/aromatic N) is 8. The summed E-state index contributed by atoms with van der Waals surface area (Å²) in [4.78, 5) is 42.4. The average molecular weight is 674 g/mol. The number of hydrogen-bond donors (Lipinski definition) is 1. The molecular weight excluding hydrogens is 630 g/mol. The monoisotopic (exact) mass is 673 g/mol. The Morgan fingerprint density at radius 3 is 2.48 bits per heavy atom. The summed E-state index contributed by atoms with van der Waals surface area (Å²) in [5.74, 6) is 2.05. The SMILES string of the molecule is CC(C)Oc1ccc(-c2n[nH]c3ccc(N4CC[C@]5(CCN(CC(=O)N6CCC(c7ccc(-c8ncn(C)n8)cc7)CC6)C5)C4=O)cc23)cn1. The second-order valence-corrected chi connectivity index (χ2v) is 14.3. The fourth-order valence-corrected chi connectivity index (χ4v) is 7.89. The fourth-order valence-electron chi connectivity index (χ4n) is 7.89. The normalized spacial score (nSPS) is 20.2. The van der Waals surface area contributed by atoms with Crippen molar-refractivity contribution in [2.45, 2.75) is 51.6 Å². The van der Waals surface area contributed by atoms with Gasteiger partial charge < -0.3 is 14.5 Å². The first-order chi connectivity index (χ1) is 24.2. The molecule has 1 N–H and O–H groups in total. The average Bonchev–Trinajstić information content (AvgIpc) is 3.92. The third kappa shape index (κ3) is 6.12. The van der Waals surface area contributed by atoms with Crippen LogP contribution in [0.5, 0.6) is 5.88 Å². The number of aromatic amines is 1. The Morgan fingerprint density at radius 2 is 1.76 bits per heavy atom. The second kappa shape index (κ2) is 13.0. The number of aromatic nitrogens is 6. The van der Waals surface area contributed by atoms with Crippen LogP contribution in [0.4, 0.5) is 5.69 Å². The Bertz CT molecular complexity index is 2010. The van der Waals surface area contributed by atoms with Crippen LogP contribution in [0.1, 0.15) is 51.0 Å². The van der Waals surface area contributed by atoms with Gasteiger partial charge in [0.1, 0.15) is 12.0 Å². The molecule has 1 spiro atoms. The van der Waals surface area contributed by atoms with E-state index in [0.717, 1.165) is 84.6 Å². The number of nitrogens with one attached hydrogen (secondary N) is 1. The first-order valence-electron chi connectivity index (χ1n) is 17.6. The zero-order chi connectivity index (χ0) is 34.4. The van der Waals surface area contributed by atoms with Crippen molar-refractivity contribution in [3.05, 3.63) is 72.7 Å². The molecule has 0 bridgehead atoms. The molecule has 50 heavy (non-hydrogen) atoms. The predicted octanol–water partition coefficient (Wildman–Crippen LogP) is 5.04. The molecule has 0 saturated carbocycles. The Morgan fingerprint density at radius 1 is 0.980 bits per heavy atom. The van der Waals surface area contributed by atoms with Gasteiger partial charge in [-0.2, -0.15) is 10.2 Å². The Balaban J connectivity index is 0.871. The largest absolute Gasteiger partial charge is 0.475 e. The third-order valence-corrected chi connectivity index (χ3v) is 10.6.